The maximum atomic E-state index is 3.57. The Bertz CT molecular complexity index is 178. The van der Waals surface area contributed by atoms with E-state index in [1.54, 1.807) is 0 Å². The van der Waals surface area contributed by atoms with Gasteiger partial charge in [-0.1, -0.05) is 47.0 Å². The summed E-state index contributed by atoms with van der Waals surface area (Å²) in [5, 5.41) is 3.57. The van der Waals surface area contributed by atoms with Gasteiger partial charge < -0.3 is 10.2 Å². The van der Waals surface area contributed by atoms with Crippen molar-refractivity contribution in [3.05, 3.63) is 0 Å². The third-order valence-corrected chi connectivity index (χ3v) is 4.22. The van der Waals surface area contributed by atoms with Crippen molar-refractivity contribution in [1.29, 1.82) is 0 Å². The van der Waals surface area contributed by atoms with E-state index in [4.69, 9.17) is 0 Å². The lowest BCUT2D eigenvalue weighted by atomic mass is 10.0. The molecule has 2 nitrogen and oxygen atoms in total. The minimum absolute atomic E-state index is 0.689. The predicted molar refractivity (Wildman–Crippen MR) is 87.8 cm³/mol. The fourth-order valence-electron chi connectivity index (χ4n) is 2.57. The van der Waals surface area contributed by atoms with Gasteiger partial charge in [-0.05, 0) is 51.7 Å². The van der Waals surface area contributed by atoms with Crippen molar-refractivity contribution in [2.75, 3.05) is 26.2 Å². The van der Waals surface area contributed by atoms with Crippen molar-refractivity contribution < 1.29 is 0 Å². The Balaban J connectivity index is 3.65. The Morgan fingerprint density at radius 2 is 1.68 bits per heavy atom. The molecular formula is C17H38N2. The molecule has 0 aromatic carbocycles. The molecule has 0 aliphatic heterocycles. The van der Waals surface area contributed by atoms with E-state index in [1.807, 2.05) is 0 Å². The summed E-state index contributed by atoms with van der Waals surface area (Å²) in [6, 6.07) is 0.689. The molecule has 0 saturated carbocycles. The van der Waals surface area contributed by atoms with Crippen LogP contribution in [0.5, 0.6) is 0 Å². The van der Waals surface area contributed by atoms with Crippen molar-refractivity contribution >= 4 is 0 Å². The van der Waals surface area contributed by atoms with Gasteiger partial charge >= 0.3 is 0 Å². The highest BCUT2D eigenvalue weighted by molar-refractivity contribution is 4.65. The zero-order chi connectivity index (χ0) is 14.5. The van der Waals surface area contributed by atoms with Crippen LogP contribution in [-0.2, 0) is 0 Å². The zero-order valence-electron chi connectivity index (χ0n) is 14.2. The molecule has 116 valence electrons. The summed E-state index contributed by atoms with van der Waals surface area (Å²) < 4.78 is 0. The smallest absolute Gasteiger partial charge is 0.00387 e. The van der Waals surface area contributed by atoms with Gasteiger partial charge in [0.15, 0.2) is 0 Å². The lowest BCUT2D eigenvalue weighted by Gasteiger charge is -2.25. The largest absolute Gasteiger partial charge is 0.314 e. The number of hydrogen-bond donors (Lipinski definition) is 1. The summed E-state index contributed by atoms with van der Waals surface area (Å²) in [4.78, 5) is 2.64. The molecule has 1 N–H and O–H groups in total. The first-order valence-corrected chi connectivity index (χ1v) is 8.63. The second-order valence-electron chi connectivity index (χ2n) is 5.93. The molecule has 0 bridgehead atoms. The van der Waals surface area contributed by atoms with Gasteiger partial charge in [0.25, 0.3) is 0 Å². The molecule has 0 aromatic rings. The average molecular weight is 271 g/mol. The summed E-state index contributed by atoms with van der Waals surface area (Å²) in [5.41, 5.74) is 0. The molecule has 0 rings (SSSR count). The average Bonchev–Trinajstić information content (AvgIpc) is 2.44. The molecule has 2 heteroatoms. The Morgan fingerprint density at radius 3 is 2.21 bits per heavy atom. The number of nitrogens with zero attached hydrogens (tertiary/aromatic N) is 1. The molecule has 19 heavy (non-hydrogen) atoms. The van der Waals surface area contributed by atoms with Crippen LogP contribution in [0, 0.1) is 5.92 Å². The summed E-state index contributed by atoms with van der Waals surface area (Å²) in [6.45, 7) is 16.5. The second-order valence-corrected chi connectivity index (χ2v) is 5.93. The van der Waals surface area contributed by atoms with E-state index in [0.717, 1.165) is 12.5 Å². The topological polar surface area (TPSA) is 15.3 Å². The van der Waals surface area contributed by atoms with Gasteiger partial charge in [0.1, 0.15) is 0 Å². The number of nitrogens with one attached hydrogen (secondary N) is 1. The van der Waals surface area contributed by atoms with Crippen LogP contribution in [0.3, 0.4) is 0 Å². The van der Waals surface area contributed by atoms with Crippen molar-refractivity contribution in [3.8, 4) is 0 Å². The van der Waals surface area contributed by atoms with Crippen LogP contribution in [0.4, 0.5) is 0 Å². The first-order chi connectivity index (χ1) is 9.17. The van der Waals surface area contributed by atoms with Crippen molar-refractivity contribution in [1.82, 2.24) is 10.2 Å². The molecule has 0 aliphatic carbocycles. The van der Waals surface area contributed by atoms with Gasteiger partial charge in [0, 0.05) is 12.6 Å². The SMILES string of the molecule is CCCNC(C)CCCCN(CC)CC(CC)CC. The first kappa shape index (κ1) is 18.9. The lowest BCUT2D eigenvalue weighted by Crippen LogP contribution is -2.30. The first-order valence-electron chi connectivity index (χ1n) is 8.63. The predicted octanol–water partition coefficient (Wildman–Crippen LogP) is 4.30. The van der Waals surface area contributed by atoms with Crippen molar-refractivity contribution in [2.45, 2.75) is 79.2 Å². The van der Waals surface area contributed by atoms with Crippen LogP contribution in [0.25, 0.3) is 0 Å². The van der Waals surface area contributed by atoms with E-state index in [2.05, 4.69) is 44.8 Å². The van der Waals surface area contributed by atoms with Crippen LogP contribution < -0.4 is 5.32 Å². The third kappa shape index (κ3) is 10.4. The van der Waals surface area contributed by atoms with Crippen LogP contribution in [-0.4, -0.2) is 37.1 Å². The maximum Gasteiger partial charge on any atom is 0.00387 e. The van der Waals surface area contributed by atoms with E-state index in [-0.39, 0.29) is 0 Å². The van der Waals surface area contributed by atoms with Gasteiger partial charge in [-0.15, -0.1) is 0 Å². The summed E-state index contributed by atoms with van der Waals surface area (Å²) in [6.07, 6.45) is 7.92. The second kappa shape index (κ2) is 12.9. The van der Waals surface area contributed by atoms with Crippen molar-refractivity contribution in [3.63, 3.8) is 0 Å². The molecule has 0 spiro atoms. The van der Waals surface area contributed by atoms with Crippen LogP contribution in [0.2, 0.25) is 0 Å². The number of hydrogen-bond acceptors (Lipinski definition) is 2. The molecule has 1 atom stereocenters. The molecule has 0 aliphatic rings. The molecule has 0 amide bonds. The van der Waals surface area contributed by atoms with E-state index in [1.165, 1.54) is 58.2 Å². The monoisotopic (exact) mass is 270 g/mol. The summed E-state index contributed by atoms with van der Waals surface area (Å²) in [7, 11) is 0. The highest BCUT2D eigenvalue weighted by Crippen LogP contribution is 2.11. The van der Waals surface area contributed by atoms with Gasteiger partial charge in [0.2, 0.25) is 0 Å². The Hall–Kier alpha value is -0.0800. The Labute approximate surface area is 122 Å². The van der Waals surface area contributed by atoms with Gasteiger partial charge in [-0.3, -0.25) is 0 Å². The molecule has 1 unspecified atom stereocenters. The molecule has 0 radical (unpaired) electrons. The van der Waals surface area contributed by atoms with Crippen LogP contribution in [0.1, 0.15) is 73.1 Å². The van der Waals surface area contributed by atoms with E-state index in [0.29, 0.717) is 6.04 Å². The highest BCUT2D eigenvalue weighted by atomic mass is 15.1. The van der Waals surface area contributed by atoms with Crippen LogP contribution in [0.15, 0.2) is 0 Å². The van der Waals surface area contributed by atoms with Gasteiger partial charge in [-0.25, -0.2) is 0 Å². The Morgan fingerprint density at radius 1 is 1.00 bits per heavy atom. The summed E-state index contributed by atoms with van der Waals surface area (Å²) >= 11 is 0. The molecule has 0 saturated heterocycles. The number of unbranched alkanes of at least 4 members (excludes halogenated alkanes) is 1. The summed E-state index contributed by atoms with van der Waals surface area (Å²) in [5.74, 6) is 0.894. The van der Waals surface area contributed by atoms with E-state index in [9.17, 15) is 0 Å². The van der Waals surface area contributed by atoms with Crippen LogP contribution >= 0.6 is 0 Å². The van der Waals surface area contributed by atoms with Gasteiger partial charge in [-0.2, -0.15) is 0 Å². The zero-order valence-corrected chi connectivity index (χ0v) is 14.2. The normalized spacial score (nSPS) is 13.4. The molecule has 0 heterocycles. The molecule has 0 fully saturated rings. The van der Waals surface area contributed by atoms with E-state index >= 15 is 0 Å². The Kier molecular flexibility index (Phi) is 12.9. The fourth-order valence-corrected chi connectivity index (χ4v) is 2.57. The minimum atomic E-state index is 0.689. The minimum Gasteiger partial charge on any atom is -0.314 e. The van der Waals surface area contributed by atoms with Gasteiger partial charge in [0.05, 0.1) is 0 Å². The highest BCUT2D eigenvalue weighted by Gasteiger charge is 2.09. The third-order valence-electron chi connectivity index (χ3n) is 4.22. The molecular weight excluding hydrogens is 232 g/mol. The van der Waals surface area contributed by atoms with Crippen molar-refractivity contribution in [2.24, 2.45) is 5.92 Å². The lowest BCUT2D eigenvalue weighted by molar-refractivity contribution is 0.228. The fraction of sp³-hybridized carbons (Fsp3) is 1.00. The van der Waals surface area contributed by atoms with E-state index < -0.39 is 0 Å². The molecule has 0 aromatic heterocycles. The maximum absolute atomic E-state index is 3.57. The quantitative estimate of drug-likeness (QED) is 0.502. The standard InChI is InChI=1S/C17H38N2/c1-6-13-18-16(5)12-10-11-14-19(9-4)15-17(7-2)8-3/h16-18H,6-15H2,1-5H3. The number of rotatable bonds is 13.